The van der Waals surface area contributed by atoms with Crippen molar-refractivity contribution >= 4 is 5.69 Å². The lowest BCUT2D eigenvalue weighted by Crippen LogP contribution is -2.44. The molecule has 0 aromatic carbocycles. The Morgan fingerprint density at radius 1 is 1.19 bits per heavy atom. The van der Waals surface area contributed by atoms with Crippen LogP contribution in [-0.2, 0) is 12.8 Å². The van der Waals surface area contributed by atoms with Gasteiger partial charge in [0.05, 0.1) is 11.9 Å². The molecule has 3 heteroatoms. The van der Waals surface area contributed by atoms with Crippen LogP contribution in [0.25, 0.3) is 0 Å². The fourth-order valence-corrected chi connectivity index (χ4v) is 2.41. The molecule has 1 aromatic heterocycles. The van der Waals surface area contributed by atoms with Gasteiger partial charge in [0, 0.05) is 32.4 Å². The first kappa shape index (κ1) is 11.4. The number of rotatable bonds is 3. The Hall–Kier alpha value is -1.09. The fourth-order valence-electron chi connectivity index (χ4n) is 2.41. The standard InChI is InChI=1S/C13H21N3/c1-3-11-9-15-10-13(12(11)4-2)16-7-5-14-6-8-16/h9-10,14H,3-8H2,1-2H3. The number of nitrogens with zero attached hydrogens (tertiary/aromatic N) is 2. The summed E-state index contributed by atoms with van der Waals surface area (Å²) >= 11 is 0. The van der Waals surface area contributed by atoms with Crippen LogP contribution in [0, 0.1) is 0 Å². The van der Waals surface area contributed by atoms with Gasteiger partial charge in [-0.15, -0.1) is 0 Å². The molecule has 1 fully saturated rings. The van der Waals surface area contributed by atoms with Gasteiger partial charge in [-0.3, -0.25) is 4.98 Å². The molecule has 0 bridgehead atoms. The molecule has 2 heterocycles. The number of aryl methyl sites for hydroxylation is 1. The van der Waals surface area contributed by atoms with Gasteiger partial charge in [0.25, 0.3) is 0 Å². The van der Waals surface area contributed by atoms with Crippen molar-refractivity contribution in [1.29, 1.82) is 0 Å². The topological polar surface area (TPSA) is 28.2 Å². The van der Waals surface area contributed by atoms with Crippen molar-refractivity contribution in [3.63, 3.8) is 0 Å². The number of anilines is 1. The molecule has 1 saturated heterocycles. The number of pyridine rings is 1. The number of aromatic nitrogens is 1. The molecule has 3 nitrogen and oxygen atoms in total. The predicted molar refractivity (Wildman–Crippen MR) is 68.1 cm³/mol. The average Bonchev–Trinajstić information content (AvgIpc) is 2.38. The van der Waals surface area contributed by atoms with Crippen LogP contribution in [0.2, 0.25) is 0 Å². The van der Waals surface area contributed by atoms with E-state index < -0.39 is 0 Å². The van der Waals surface area contributed by atoms with Crippen molar-refractivity contribution in [3.05, 3.63) is 23.5 Å². The van der Waals surface area contributed by atoms with Gasteiger partial charge in [0.1, 0.15) is 0 Å². The van der Waals surface area contributed by atoms with Gasteiger partial charge in [0.2, 0.25) is 0 Å². The Bertz CT molecular complexity index is 343. The van der Waals surface area contributed by atoms with E-state index >= 15 is 0 Å². The van der Waals surface area contributed by atoms with E-state index in [1.54, 1.807) is 0 Å². The molecule has 0 radical (unpaired) electrons. The molecule has 0 unspecified atom stereocenters. The Morgan fingerprint density at radius 3 is 2.56 bits per heavy atom. The van der Waals surface area contributed by atoms with Gasteiger partial charge in [-0.2, -0.15) is 0 Å². The highest BCUT2D eigenvalue weighted by molar-refractivity contribution is 5.55. The average molecular weight is 219 g/mol. The monoisotopic (exact) mass is 219 g/mol. The predicted octanol–water partition coefficient (Wildman–Crippen LogP) is 1.62. The van der Waals surface area contributed by atoms with Crippen molar-refractivity contribution in [2.24, 2.45) is 0 Å². The highest BCUT2D eigenvalue weighted by Gasteiger charge is 2.15. The van der Waals surface area contributed by atoms with E-state index in [2.05, 4.69) is 29.0 Å². The molecule has 0 amide bonds. The number of piperazine rings is 1. The van der Waals surface area contributed by atoms with Gasteiger partial charge >= 0.3 is 0 Å². The smallest absolute Gasteiger partial charge is 0.0588 e. The molecule has 2 rings (SSSR count). The molecule has 16 heavy (non-hydrogen) atoms. The van der Waals surface area contributed by atoms with Crippen LogP contribution >= 0.6 is 0 Å². The van der Waals surface area contributed by atoms with Crippen LogP contribution in [0.4, 0.5) is 5.69 Å². The van der Waals surface area contributed by atoms with E-state index in [0.29, 0.717) is 0 Å². The van der Waals surface area contributed by atoms with Crippen LogP contribution in [0.15, 0.2) is 12.4 Å². The van der Waals surface area contributed by atoms with Crippen LogP contribution in [0.1, 0.15) is 25.0 Å². The molecule has 1 aliphatic heterocycles. The third-order valence-corrected chi connectivity index (χ3v) is 3.32. The summed E-state index contributed by atoms with van der Waals surface area (Å²) in [4.78, 5) is 6.84. The maximum atomic E-state index is 4.38. The van der Waals surface area contributed by atoms with Crippen LogP contribution in [0.5, 0.6) is 0 Å². The summed E-state index contributed by atoms with van der Waals surface area (Å²) in [5.41, 5.74) is 4.24. The van der Waals surface area contributed by atoms with E-state index in [-0.39, 0.29) is 0 Å². The molecule has 1 N–H and O–H groups in total. The molecule has 0 spiro atoms. The van der Waals surface area contributed by atoms with Crippen molar-refractivity contribution < 1.29 is 0 Å². The minimum absolute atomic E-state index is 1.08. The largest absolute Gasteiger partial charge is 0.368 e. The second-order valence-corrected chi connectivity index (χ2v) is 4.24. The van der Waals surface area contributed by atoms with Gasteiger partial charge in [0.15, 0.2) is 0 Å². The maximum absolute atomic E-state index is 4.38. The Labute approximate surface area is 97.9 Å². The van der Waals surface area contributed by atoms with Crippen LogP contribution in [0.3, 0.4) is 0 Å². The maximum Gasteiger partial charge on any atom is 0.0588 e. The second kappa shape index (κ2) is 5.30. The first-order valence-corrected chi connectivity index (χ1v) is 6.28. The lowest BCUT2D eigenvalue weighted by molar-refractivity contribution is 0.587. The van der Waals surface area contributed by atoms with Gasteiger partial charge < -0.3 is 10.2 Å². The molecule has 88 valence electrons. The molecule has 0 aliphatic carbocycles. The Morgan fingerprint density at radius 2 is 1.94 bits per heavy atom. The first-order valence-electron chi connectivity index (χ1n) is 6.28. The number of nitrogens with one attached hydrogen (secondary N) is 1. The molecule has 0 saturated carbocycles. The van der Waals surface area contributed by atoms with Crippen molar-refractivity contribution in [2.45, 2.75) is 26.7 Å². The normalized spacial score (nSPS) is 16.5. The van der Waals surface area contributed by atoms with Crippen molar-refractivity contribution in [3.8, 4) is 0 Å². The lowest BCUT2D eigenvalue weighted by atomic mass is 10.0. The van der Waals surface area contributed by atoms with E-state index in [4.69, 9.17) is 0 Å². The zero-order chi connectivity index (χ0) is 11.4. The third-order valence-electron chi connectivity index (χ3n) is 3.32. The Balaban J connectivity index is 2.30. The number of hydrogen-bond acceptors (Lipinski definition) is 3. The Kier molecular flexibility index (Phi) is 3.78. The summed E-state index contributed by atoms with van der Waals surface area (Å²) in [6.07, 6.45) is 6.23. The molecular weight excluding hydrogens is 198 g/mol. The van der Waals surface area contributed by atoms with E-state index in [9.17, 15) is 0 Å². The second-order valence-electron chi connectivity index (χ2n) is 4.24. The summed E-state index contributed by atoms with van der Waals surface area (Å²) in [6, 6.07) is 0. The quantitative estimate of drug-likeness (QED) is 0.837. The minimum Gasteiger partial charge on any atom is -0.368 e. The summed E-state index contributed by atoms with van der Waals surface area (Å²) < 4.78 is 0. The summed E-state index contributed by atoms with van der Waals surface area (Å²) in [5.74, 6) is 0. The van der Waals surface area contributed by atoms with Gasteiger partial charge in [-0.1, -0.05) is 13.8 Å². The molecular formula is C13H21N3. The van der Waals surface area contributed by atoms with E-state index in [1.807, 2.05) is 12.4 Å². The fraction of sp³-hybridized carbons (Fsp3) is 0.615. The minimum atomic E-state index is 1.08. The van der Waals surface area contributed by atoms with Gasteiger partial charge in [-0.05, 0) is 24.0 Å². The first-order chi connectivity index (χ1) is 7.86. The van der Waals surface area contributed by atoms with Crippen LogP contribution < -0.4 is 10.2 Å². The van der Waals surface area contributed by atoms with E-state index in [0.717, 1.165) is 39.0 Å². The zero-order valence-electron chi connectivity index (χ0n) is 10.3. The summed E-state index contributed by atoms with van der Waals surface area (Å²) in [5, 5.41) is 3.39. The van der Waals surface area contributed by atoms with Crippen molar-refractivity contribution in [1.82, 2.24) is 10.3 Å². The van der Waals surface area contributed by atoms with Crippen molar-refractivity contribution in [2.75, 3.05) is 31.1 Å². The third kappa shape index (κ3) is 2.19. The van der Waals surface area contributed by atoms with Crippen LogP contribution in [-0.4, -0.2) is 31.2 Å². The highest BCUT2D eigenvalue weighted by Crippen LogP contribution is 2.24. The highest BCUT2D eigenvalue weighted by atomic mass is 15.2. The van der Waals surface area contributed by atoms with E-state index in [1.165, 1.54) is 16.8 Å². The molecule has 1 aromatic rings. The summed E-state index contributed by atoms with van der Waals surface area (Å²) in [6.45, 7) is 8.81. The molecule has 0 atom stereocenters. The number of hydrogen-bond donors (Lipinski definition) is 1. The SMILES string of the molecule is CCc1cncc(N2CCNCC2)c1CC. The summed E-state index contributed by atoms with van der Waals surface area (Å²) in [7, 11) is 0. The zero-order valence-corrected chi connectivity index (χ0v) is 10.3. The molecule has 1 aliphatic rings. The van der Waals surface area contributed by atoms with Gasteiger partial charge in [-0.25, -0.2) is 0 Å². The lowest BCUT2D eigenvalue weighted by Gasteiger charge is -2.31.